The number of carbonyl (C=O) groups is 1. The SMILES string of the molecule is CNc1nc(C(=O)N[C@H]2COC[C@H]2Cc2cc(C)no2)cs1. The fourth-order valence-corrected chi connectivity index (χ4v) is 3.12. The summed E-state index contributed by atoms with van der Waals surface area (Å²) >= 11 is 1.40. The maximum Gasteiger partial charge on any atom is 0.271 e. The minimum absolute atomic E-state index is 0.0439. The summed E-state index contributed by atoms with van der Waals surface area (Å²) in [6.45, 7) is 3.00. The number of amides is 1. The van der Waals surface area contributed by atoms with Gasteiger partial charge in [0.1, 0.15) is 11.5 Å². The minimum Gasteiger partial charge on any atom is -0.379 e. The molecule has 0 aromatic carbocycles. The van der Waals surface area contributed by atoms with Gasteiger partial charge in [-0.1, -0.05) is 5.16 Å². The monoisotopic (exact) mass is 322 g/mol. The predicted octanol–water partition coefficient (Wildman–Crippen LogP) is 1.47. The Labute approximate surface area is 132 Å². The molecule has 0 saturated carbocycles. The number of aromatic nitrogens is 2. The number of thiazole rings is 1. The Bertz CT molecular complexity index is 654. The summed E-state index contributed by atoms with van der Waals surface area (Å²) in [6.07, 6.45) is 0.699. The average Bonchev–Trinajstić information content (AvgIpc) is 3.21. The van der Waals surface area contributed by atoms with Crippen molar-refractivity contribution < 1.29 is 14.1 Å². The molecule has 0 aliphatic carbocycles. The lowest BCUT2D eigenvalue weighted by Gasteiger charge is -2.17. The highest BCUT2D eigenvalue weighted by Crippen LogP contribution is 2.21. The zero-order chi connectivity index (χ0) is 15.5. The van der Waals surface area contributed by atoms with Crippen molar-refractivity contribution in [2.24, 2.45) is 5.92 Å². The normalized spacial score (nSPS) is 21.0. The number of aryl methyl sites for hydroxylation is 1. The van der Waals surface area contributed by atoms with Gasteiger partial charge in [0.05, 0.1) is 24.9 Å². The van der Waals surface area contributed by atoms with E-state index in [2.05, 4.69) is 20.8 Å². The molecule has 2 aromatic rings. The van der Waals surface area contributed by atoms with Crippen LogP contribution >= 0.6 is 11.3 Å². The molecule has 0 spiro atoms. The van der Waals surface area contributed by atoms with Crippen LogP contribution in [0.25, 0.3) is 0 Å². The smallest absolute Gasteiger partial charge is 0.271 e. The van der Waals surface area contributed by atoms with E-state index >= 15 is 0 Å². The van der Waals surface area contributed by atoms with E-state index in [4.69, 9.17) is 9.26 Å². The lowest BCUT2D eigenvalue weighted by Crippen LogP contribution is -2.40. The molecule has 0 radical (unpaired) electrons. The van der Waals surface area contributed by atoms with Crippen LogP contribution in [0.3, 0.4) is 0 Å². The third-order valence-corrected chi connectivity index (χ3v) is 4.47. The Morgan fingerprint density at radius 3 is 3.05 bits per heavy atom. The number of nitrogens with zero attached hydrogens (tertiary/aromatic N) is 2. The second-order valence-electron chi connectivity index (χ2n) is 5.30. The van der Waals surface area contributed by atoms with E-state index < -0.39 is 0 Å². The van der Waals surface area contributed by atoms with E-state index in [1.54, 1.807) is 12.4 Å². The molecule has 7 nitrogen and oxygen atoms in total. The Morgan fingerprint density at radius 1 is 1.50 bits per heavy atom. The highest BCUT2D eigenvalue weighted by Gasteiger charge is 2.31. The molecule has 2 aromatic heterocycles. The van der Waals surface area contributed by atoms with Crippen molar-refractivity contribution >= 4 is 22.4 Å². The highest BCUT2D eigenvalue weighted by atomic mass is 32.1. The van der Waals surface area contributed by atoms with Crippen molar-refractivity contribution in [3.63, 3.8) is 0 Å². The van der Waals surface area contributed by atoms with Crippen LogP contribution in [-0.4, -0.2) is 42.4 Å². The highest BCUT2D eigenvalue weighted by molar-refractivity contribution is 7.13. The van der Waals surface area contributed by atoms with E-state index in [-0.39, 0.29) is 17.9 Å². The molecule has 3 rings (SSSR count). The predicted molar refractivity (Wildman–Crippen MR) is 82.2 cm³/mol. The standard InChI is InChI=1S/C14H18N4O3S/c1-8-3-10(21-18-8)4-9-5-20-6-11(9)16-13(19)12-7-22-14(15-2)17-12/h3,7,9,11H,4-6H2,1-2H3,(H,15,17)(H,16,19)/t9-,11+/m1/s1. The molecular formula is C14H18N4O3S. The molecule has 118 valence electrons. The number of ether oxygens (including phenoxy) is 1. The lowest BCUT2D eigenvalue weighted by atomic mass is 9.98. The first-order valence-electron chi connectivity index (χ1n) is 7.10. The zero-order valence-electron chi connectivity index (χ0n) is 12.5. The number of nitrogens with one attached hydrogen (secondary N) is 2. The van der Waals surface area contributed by atoms with Crippen molar-refractivity contribution in [1.29, 1.82) is 0 Å². The van der Waals surface area contributed by atoms with Gasteiger partial charge in [0.2, 0.25) is 0 Å². The van der Waals surface area contributed by atoms with Crippen LogP contribution in [0.5, 0.6) is 0 Å². The third-order valence-electron chi connectivity index (χ3n) is 3.61. The van der Waals surface area contributed by atoms with Crippen LogP contribution in [0, 0.1) is 12.8 Å². The van der Waals surface area contributed by atoms with Gasteiger partial charge in [0.15, 0.2) is 5.13 Å². The van der Waals surface area contributed by atoms with Crippen LogP contribution in [0.15, 0.2) is 16.0 Å². The zero-order valence-corrected chi connectivity index (χ0v) is 13.3. The Hall–Kier alpha value is -1.93. The molecule has 1 amide bonds. The van der Waals surface area contributed by atoms with Gasteiger partial charge in [-0.15, -0.1) is 11.3 Å². The molecule has 2 N–H and O–H groups in total. The topological polar surface area (TPSA) is 89.3 Å². The van der Waals surface area contributed by atoms with Gasteiger partial charge >= 0.3 is 0 Å². The lowest BCUT2D eigenvalue weighted by molar-refractivity contribution is 0.0920. The first-order valence-corrected chi connectivity index (χ1v) is 7.97. The quantitative estimate of drug-likeness (QED) is 0.866. The van der Waals surface area contributed by atoms with Gasteiger partial charge < -0.3 is 19.9 Å². The second-order valence-corrected chi connectivity index (χ2v) is 6.16. The fourth-order valence-electron chi connectivity index (χ4n) is 2.47. The summed E-state index contributed by atoms with van der Waals surface area (Å²) in [5, 5.41) is 12.3. The van der Waals surface area contributed by atoms with E-state index in [1.807, 2.05) is 13.0 Å². The third kappa shape index (κ3) is 3.28. The molecule has 22 heavy (non-hydrogen) atoms. The second kappa shape index (κ2) is 6.45. The van der Waals surface area contributed by atoms with Crippen molar-refractivity contribution in [2.75, 3.05) is 25.6 Å². The van der Waals surface area contributed by atoms with Gasteiger partial charge in [-0.05, 0) is 6.92 Å². The van der Waals surface area contributed by atoms with Crippen LogP contribution in [0.1, 0.15) is 21.9 Å². The largest absolute Gasteiger partial charge is 0.379 e. The van der Waals surface area contributed by atoms with Gasteiger partial charge in [0, 0.05) is 30.8 Å². The molecule has 1 aliphatic heterocycles. The molecule has 0 bridgehead atoms. The van der Waals surface area contributed by atoms with Crippen LogP contribution < -0.4 is 10.6 Å². The first kappa shape index (κ1) is 15.0. The van der Waals surface area contributed by atoms with Crippen molar-refractivity contribution in [3.8, 4) is 0 Å². The fraction of sp³-hybridized carbons (Fsp3) is 0.500. The molecule has 8 heteroatoms. The van der Waals surface area contributed by atoms with E-state index in [0.717, 1.165) is 16.6 Å². The summed E-state index contributed by atoms with van der Waals surface area (Å²) in [5.41, 5.74) is 1.28. The number of carbonyl (C=O) groups excluding carboxylic acids is 1. The molecule has 2 atom stereocenters. The number of rotatable bonds is 5. The van der Waals surface area contributed by atoms with Crippen molar-refractivity contribution in [2.45, 2.75) is 19.4 Å². The van der Waals surface area contributed by atoms with E-state index in [0.29, 0.717) is 25.3 Å². The van der Waals surface area contributed by atoms with Crippen molar-refractivity contribution in [3.05, 3.63) is 28.6 Å². The van der Waals surface area contributed by atoms with Crippen LogP contribution in [0.2, 0.25) is 0 Å². The Morgan fingerprint density at radius 2 is 2.36 bits per heavy atom. The molecule has 0 unspecified atom stereocenters. The molecule has 1 aliphatic rings. The summed E-state index contributed by atoms with van der Waals surface area (Å²) in [4.78, 5) is 16.5. The van der Waals surface area contributed by atoms with Gasteiger partial charge in [-0.2, -0.15) is 0 Å². The van der Waals surface area contributed by atoms with Gasteiger partial charge in [-0.25, -0.2) is 4.98 Å². The Balaban J connectivity index is 1.61. The number of hydrogen-bond donors (Lipinski definition) is 2. The maximum atomic E-state index is 12.2. The average molecular weight is 322 g/mol. The van der Waals surface area contributed by atoms with Gasteiger partial charge in [0.25, 0.3) is 5.91 Å². The van der Waals surface area contributed by atoms with Gasteiger partial charge in [-0.3, -0.25) is 4.79 Å². The number of hydrogen-bond acceptors (Lipinski definition) is 7. The molecule has 3 heterocycles. The summed E-state index contributed by atoms with van der Waals surface area (Å²) in [5.74, 6) is 0.823. The summed E-state index contributed by atoms with van der Waals surface area (Å²) in [7, 11) is 1.78. The molecular weight excluding hydrogens is 304 g/mol. The summed E-state index contributed by atoms with van der Waals surface area (Å²) < 4.78 is 10.7. The van der Waals surface area contributed by atoms with Crippen LogP contribution in [-0.2, 0) is 11.2 Å². The molecule has 1 fully saturated rings. The van der Waals surface area contributed by atoms with E-state index in [1.165, 1.54) is 11.3 Å². The minimum atomic E-state index is -0.174. The summed E-state index contributed by atoms with van der Waals surface area (Å²) in [6, 6.07) is 1.87. The van der Waals surface area contributed by atoms with E-state index in [9.17, 15) is 4.79 Å². The first-order chi connectivity index (χ1) is 10.7. The van der Waals surface area contributed by atoms with Crippen molar-refractivity contribution in [1.82, 2.24) is 15.5 Å². The Kier molecular flexibility index (Phi) is 4.39. The number of anilines is 1. The van der Waals surface area contributed by atoms with Crippen LogP contribution in [0.4, 0.5) is 5.13 Å². The molecule has 1 saturated heterocycles. The maximum absolute atomic E-state index is 12.2.